The third-order valence-corrected chi connectivity index (χ3v) is 10.3. The molecule has 1 aliphatic rings. The number of thioether (sulfide) groups is 1. The fourth-order valence-electron chi connectivity index (χ4n) is 5.01. The van der Waals surface area contributed by atoms with E-state index in [9.17, 15) is 13.2 Å². The summed E-state index contributed by atoms with van der Waals surface area (Å²) in [5, 5.41) is 10.8. The Morgan fingerprint density at radius 2 is 1.98 bits per heavy atom. The summed E-state index contributed by atoms with van der Waals surface area (Å²) in [7, 11) is -0.0600. The molecule has 5 aromatic rings. The Kier molecular flexibility index (Phi) is 9.11. The molecule has 45 heavy (non-hydrogen) atoms. The lowest BCUT2D eigenvalue weighted by Crippen LogP contribution is -2.48. The van der Waals surface area contributed by atoms with E-state index in [2.05, 4.69) is 43.0 Å². The summed E-state index contributed by atoms with van der Waals surface area (Å²) < 4.78 is 29.1. The zero-order chi connectivity index (χ0) is 31.4. The van der Waals surface area contributed by atoms with Crippen LogP contribution in [-0.2, 0) is 16.6 Å². The molecule has 13 nitrogen and oxygen atoms in total. The minimum absolute atomic E-state index is 0.0790. The van der Waals surface area contributed by atoms with Crippen LogP contribution >= 0.6 is 11.8 Å². The van der Waals surface area contributed by atoms with Crippen molar-refractivity contribution < 1.29 is 12.4 Å². The second kappa shape index (κ2) is 13.4. The standard InChI is InChI=1S/C30H34N10O3S2/c1-38(2)13-15-45(42,43)40-12-10-33-27(40)20-39-28-22(16-25(29(39)41)35-24-4-3-9-31-18-24)17-34-30(37-28)36-23-7-5-21(6-8-23)26-19-32-11-14-44-26/h3-10,12,16-18,26,32,35H,11,13-15,19-20H2,1-2H3,(H,34,36,37,41)/p+1. The van der Waals surface area contributed by atoms with Crippen LogP contribution in [-0.4, -0.2) is 83.1 Å². The number of nitrogens with one attached hydrogen (secondary N) is 4. The van der Waals surface area contributed by atoms with Crippen molar-refractivity contribution in [3.63, 3.8) is 0 Å². The van der Waals surface area contributed by atoms with Crippen LogP contribution in [0.5, 0.6) is 0 Å². The minimum Gasteiger partial charge on any atom is -0.350 e. The van der Waals surface area contributed by atoms with Gasteiger partial charge in [-0.1, -0.05) is 12.1 Å². The highest BCUT2D eigenvalue weighted by atomic mass is 32.2. The number of hydrogen-bond donors (Lipinski definition) is 4. The number of benzene rings is 1. The Labute approximate surface area is 265 Å². The van der Waals surface area contributed by atoms with Gasteiger partial charge in [0.05, 0.1) is 11.9 Å². The second-order valence-corrected chi connectivity index (χ2v) is 14.2. The molecular weight excluding hydrogens is 613 g/mol. The quantitative estimate of drug-likeness (QED) is 0.156. The van der Waals surface area contributed by atoms with Crippen molar-refractivity contribution in [2.75, 3.05) is 55.9 Å². The van der Waals surface area contributed by atoms with Gasteiger partial charge in [0.2, 0.25) is 5.95 Å². The van der Waals surface area contributed by atoms with E-state index < -0.39 is 10.0 Å². The van der Waals surface area contributed by atoms with Crippen molar-refractivity contribution in [2.24, 2.45) is 0 Å². The molecule has 0 radical (unpaired) electrons. The number of fused-ring (bicyclic) bond motifs is 1. The van der Waals surface area contributed by atoms with E-state index in [1.165, 1.54) is 20.3 Å². The second-order valence-electron chi connectivity index (χ2n) is 10.9. The predicted octanol–water partition coefficient (Wildman–Crippen LogP) is 2.45. The maximum absolute atomic E-state index is 14.0. The van der Waals surface area contributed by atoms with Gasteiger partial charge in [0.15, 0.2) is 0 Å². The van der Waals surface area contributed by atoms with Crippen LogP contribution in [0.1, 0.15) is 16.6 Å². The number of anilines is 4. The summed E-state index contributed by atoms with van der Waals surface area (Å²) in [6.07, 6.45) is 7.90. The Morgan fingerprint density at radius 3 is 2.71 bits per heavy atom. The van der Waals surface area contributed by atoms with Gasteiger partial charge < -0.3 is 20.9 Å². The smallest absolute Gasteiger partial charge is 0.306 e. The van der Waals surface area contributed by atoms with Crippen LogP contribution in [0.4, 0.5) is 23.0 Å². The van der Waals surface area contributed by atoms with E-state index in [1.807, 2.05) is 38.0 Å². The summed E-state index contributed by atoms with van der Waals surface area (Å²) >= 11 is 1.95. The Bertz CT molecular complexity index is 1940. The molecule has 1 fully saturated rings. The van der Waals surface area contributed by atoms with E-state index in [1.54, 1.807) is 47.9 Å². The van der Waals surface area contributed by atoms with Crippen molar-refractivity contribution >= 4 is 55.8 Å². The summed E-state index contributed by atoms with van der Waals surface area (Å²) in [4.78, 5) is 32.2. The van der Waals surface area contributed by atoms with Crippen molar-refractivity contribution in [3.05, 3.63) is 95.2 Å². The third kappa shape index (κ3) is 7.17. The lowest BCUT2D eigenvalue weighted by Gasteiger charge is -2.22. The summed E-state index contributed by atoms with van der Waals surface area (Å²) in [6, 6.07) is 13.4. The lowest BCUT2D eigenvalue weighted by atomic mass is 10.1. The van der Waals surface area contributed by atoms with Crippen molar-refractivity contribution in [3.8, 4) is 0 Å². The lowest BCUT2D eigenvalue weighted by molar-refractivity contribution is -0.519. The van der Waals surface area contributed by atoms with Crippen LogP contribution in [0.3, 0.4) is 0 Å². The molecule has 1 unspecified atom stereocenters. The first kappa shape index (κ1) is 30.7. The molecule has 4 N–H and O–H groups in total. The van der Waals surface area contributed by atoms with Gasteiger partial charge in [0.25, 0.3) is 11.4 Å². The van der Waals surface area contributed by atoms with E-state index in [-0.39, 0.29) is 23.5 Å². The number of H-pyrrole nitrogens is 1. The van der Waals surface area contributed by atoms with E-state index in [0.717, 1.165) is 24.5 Å². The summed E-state index contributed by atoms with van der Waals surface area (Å²) in [5.41, 5.74) is 2.93. The molecule has 4 aromatic heterocycles. The van der Waals surface area contributed by atoms with Gasteiger partial charge in [-0.05, 0) is 50.0 Å². The van der Waals surface area contributed by atoms with Crippen LogP contribution in [0.2, 0.25) is 0 Å². The van der Waals surface area contributed by atoms with E-state index in [0.29, 0.717) is 40.3 Å². The molecule has 1 aliphatic heterocycles. The monoisotopic (exact) mass is 647 g/mol. The third-order valence-electron chi connectivity index (χ3n) is 7.36. The normalized spacial score (nSPS) is 15.4. The molecule has 1 aromatic carbocycles. The van der Waals surface area contributed by atoms with Crippen LogP contribution < -0.4 is 25.5 Å². The van der Waals surface area contributed by atoms with Gasteiger partial charge in [-0.3, -0.25) is 14.3 Å². The number of nitrogens with zero attached hydrogens (tertiary/aromatic N) is 6. The zero-order valence-electron chi connectivity index (χ0n) is 25.0. The summed E-state index contributed by atoms with van der Waals surface area (Å²) in [5.74, 6) is 1.62. The number of imidazole rings is 1. The molecule has 0 aliphatic carbocycles. The van der Waals surface area contributed by atoms with Gasteiger partial charge >= 0.3 is 10.0 Å². The van der Waals surface area contributed by atoms with Gasteiger partial charge in [-0.25, -0.2) is 9.97 Å². The highest BCUT2D eigenvalue weighted by molar-refractivity contribution is 7.99. The number of aromatic nitrogens is 6. The fraction of sp³-hybridized carbons (Fsp3) is 0.300. The first-order chi connectivity index (χ1) is 21.8. The largest absolute Gasteiger partial charge is 0.350 e. The van der Waals surface area contributed by atoms with Gasteiger partial charge in [-0.15, -0.1) is 3.97 Å². The number of aromatic amines is 1. The Morgan fingerprint density at radius 1 is 1.13 bits per heavy atom. The van der Waals surface area contributed by atoms with Gasteiger partial charge in [0.1, 0.15) is 36.0 Å². The average molecular weight is 648 g/mol. The molecule has 1 atom stereocenters. The van der Waals surface area contributed by atoms with E-state index in [4.69, 9.17) is 4.98 Å². The van der Waals surface area contributed by atoms with Gasteiger partial charge in [-0.2, -0.15) is 25.2 Å². The maximum Gasteiger partial charge on any atom is 0.306 e. The first-order valence-corrected chi connectivity index (χ1v) is 17.2. The van der Waals surface area contributed by atoms with Crippen LogP contribution in [0, 0.1) is 0 Å². The molecule has 0 amide bonds. The van der Waals surface area contributed by atoms with Crippen molar-refractivity contribution in [2.45, 2.75) is 11.8 Å². The highest BCUT2D eigenvalue weighted by Gasteiger charge is 2.26. The zero-order valence-corrected chi connectivity index (χ0v) is 26.6. The highest BCUT2D eigenvalue weighted by Crippen LogP contribution is 2.31. The van der Waals surface area contributed by atoms with Crippen LogP contribution in [0.15, 0.2) is 78.2 Å². The van der Waals surface area contributed by atoms with Crippen LogP contribution in [0.25, 0.3) is 11.0 Å². The Hall–Kier alpha value is -4.31. The first-order valence-electron chi connectivity index (χ1n) is 14.5. The molecule has 234 valence electrons. The molecule has 15 heteroatoms. The number of pyridine rings is 2. The molecule has 6 rings (SSSR count). The molecule has 0 saturated carbocycles. The molecule has 1 saturated heterocycles. The molecule has 5 heterocycles. The topological polar surface area (TPSA) is 154 Å². The fourth-order valence-corrected chi connectivity index (χ4v) is 7.63. The molecular formula is C30H35N10O3S2+. The molecule has 0 bridgehead atoms. The predicted molar refractivity (Wildman–Crippen MR) is 177 cm³/mol. The minimum atomic E-state index is -3.69. The summed E-state index contributed by atoms with van der Waals surface area (Å²) in [6.45, 7) is 2.25. The average Bonchev–Trinajstić information content (AvgIpc) is 3.53. The van der Waals surface area contributed by atoms with Gasteiger partial charge in [0, 0.05) is 54.1 Å². The maximum atomic E-state index is 14.0. The number of rotatable bonds is 11. The van der Waals surface area contributed by atoms with E-state index >= 15 is 0 Å². The number of hydrogen-bond acceptors (Lipinski definition) is 11. The SMILES string of the molecule is CN(C)CCS(=O)(=O)[n+]1cc[nH]c1Cn1c(=O)c(Nc2cccnc2)cc2cnc(Nc3ccc(C4CNCCS4)cc3)nc21. The van der Waals surface area contributed by atoms with Crippen molar-refractivity contribution in [1.82, 2.24) is 34.7 Å². The molecule has 0 spiro atoms. The Balaban J connectivity index is 1.36. The van der Waals surface area contributed by atoms with Crippen molar-refractivity contribution in [1.29, 1.82) is 0 Å².